The maximum Gasteiger partial charge on any atom is 0.338 e. The van der Waals surface area contributed by atoms with Gasteiger partial charge in [-0.25, -0.2) is 4.79 Å². The Morgan fingerprint density at radius 3 is 1.85 bits per heavy atom. The first-order valence-electron chi connectivity index (χ1n) is 15.4. The standard InChI is InChI=1S/C35H46O11/c1-19-15-16-34(8,9)32(45-25(7)39)30(43-23(5)37)29(42-22(4)36)20(2)17-27-28(46-33(40)26-13-11-10-12-14-26)21(3)18-35(27,41)31(19)44-24(6)38/h10-17,19,21,27-32,41H,18H2,1-9H3/b16-15+,20-17-/t19-,21-,27-,28-,29-,30-,31-,32+,35+/m0/s1. The van der Waals surface area contributed by atoms with Crippen molar-refractivity contribution in [3.8, 4) is 0 Å². The van der Waals surface area contributed by atoms with Crippen LogP contribution in [0.15, 0.2) is 54.1 Å². The van der Waals surface area contributed by atoms with E-state index in [0.29, 0.717) is 11.1 Å². The van der Waals surface area contributed by atoms with Gasteiger partial charge in [-0.05, 0) is 37.0 Å². The molecule has 46 heavy (non-hydrogen) atoms. The van der Waals surface area contributed by atoms with Crippen molar-refractivity contribution in [3.63, 3.8) is 0 Å². The average Bonchev–Trinajstić information content (AvgIpc) is 3.19. The van der Waals surface area contributed by atoms with Crippen LogP contribution in [-0.4, -0.2) is 71.1 Å². The summed E-state index contributed by atoms with van der Waals surface area (Å²) in [5, 5.41) is 12.6. The van der Waals surface area contributed by atoms with E-state index in [1.54, 1.807) is 76.3 Å². The maximum absolute atomic E-state index is 13.3. The molecule has 9 atom stereocenters. The van der Waals surface area contributed by atoms with Crippen molar-refractivity contribution in [2.45, 2.75) is 105 Å². The van der Waals surface area contributed by atoms with Crippen molar-refractivity contribution in [1.29, 1.82) is 0 Å². The van der Waals surface area contributed by atoms with Crippen LogP contribution in [0.1, 0.15) is 79.1 Å². The minimum Gasteiger partial charge on any atom is -0.459 e. The first kappa shape index (κ1) is 36.5. The van der Waals surface area contributed by atoms with Gasteiger partial charge in [0.2, 0.25) is 0 Å². The number of fused-ring (bicyclic) bond motifs is 1. The van der Waals surface area contributed by atoms with Gasteiger partial charge in [0.15, 0.2) is 18.3 Å². The lowest BCUT2D eigenvalue weighted by Gasteiger charge is -2.42. The minimum atomic E-state index is -1.76. The highest BCUT2D eigenvalue weighted by atomic mass is 16.6. The third-order valence-electron chi connectivity index (χ3n) is 8.60. The van der Waals surface area contributed by atoms with Crippen molar-refractivity contribution < 1.29 is 52.8 Å². The molecule has 1 aromatic carbocycles. The zero-order chi connectivity index (χ0) is 34.6. The van der Waals surface area contributed by atoms with E-state index in [1.807, 2.05) is 6.92 Å². The number of hydrogen-bond donors (Lipinski definition) is 1. The van der Waals surface area contributed by atoms with Gasteiger partial charge >= 0.3 is 29.8 Å². The molecule has 2 aliphatic rings. The number of rotatable bonds is 6. The molecule has 0 spiro atoms. The van der Waals surface area contributed by atoms with Gasteiger partial charge in [0.25, 0.3) is 0 Å². The molecular weight excluding hydrogens is 596 g/mol. The molecule has 0 saturated heterocycles. The smallest absolute Gasteiger partial charge is 0.338 e. The van der Waals surface area contributed by atoms with E-state index in [0.717, 1.165) is 0 Å². The summed E-state index contributed by atoms with van der Waals surface area (Å²) in [4.78, 5) is 63.1. The van der Waals surface area contributed by atoms with Crippen LogP contribution in [0.2, 0.25) is 0 Å². The lowest BCUT2D eigenvalue weighted by molar-refractivity contribution is -0.188. The summed E-state index contributed by atoms with van der Waals surface area (Å²) >= 11 is 0. The van der Waals surface area contributed by atoms with Gasteiger partial charge in [-0.15, -0.1) is 0 Å². The van der Waals surface area contributed by atoms with Gasteiger partial charge in [0.1, 0.15) is 17.8 Å². The van der Waals surface area contributed by atoms with E-state index >= 15 is 0 Å². The highest BCUT2D eigenvalue weighted by Crippen LogP contribution is 2.49. The zero-order valence-corrected chi connectivity index (χ0v) is 28.0. The molecule has 1 saturated carbocycles. The van der Waals surface area contributed by atoms with E-state index in [-0.39, 0.29) is 6.42 Å². The van der Waals surface area contributed by atoms with Gasteiger partial charge in [-0.2, -0.15) is 0 Å². The monoisotopic (exact) mass is 642 g/mol. The molecule has 0 heterocycles. The summed E-state index contributed by atoms with van der Waals surface area (Å²) in [6.07, 6.45) is -0.578. The Hall–Kier alpha value is -3.99. The predicted molar refractivity (Wildman–Crippen MR) is 166 cm³/mol. The molecule has 0 unspecified atom stereocenters. The van der Waals surface area contributed by atoms with Gasteiger partial charge in [-0.1, -0.05) is 64.1 Å². The summed E-state index contributed by atoms with van der Waals surface area (Å²) in [5.41, 5.74) is -2.15. The molecule has 0 radical (unpaired) electrons. The number of carbonyl (C=O) groups excluding carboxylic acids is 5. The Balaban J connectivity index is 2.33. The van der Waals surface area contributed by atoms with Crippen LogP contribution in [0.5, 0.6) is 0 Å². The number of benzene rings is 1. The summed E-state index contributed by atoms with van der Waals surface area (Å²) in [6.45, 7) is 13.6. The molecule has 252 valence electrons. The fraction of sp³-hybridized carbons (Fsp3) is 0.571. The maximum atomic E-state index is 13.3. The Morgan fingerprint density at radius 1 is 0.761 bits per heavy atom. The SMILES string of the molecule is CC(=O)O[C@@H]1[C@@H](OC(C)=O)C(C)(C)/C=C/[C@H](C)[C@H](OC(C)=O)[C@@]2(O)C[C@H](C)[C@H](OC(=O)c3ccccc3)[C@@H]2/C=C(/C)[C@@H]1OC(C)=O. The van der Waals surface area contributed by atoms with E-state index in [2.05, 4.69) is 0 Å². The lowest BCUT2D eigenvalue weighted by atomic mass is 9.74. The molecular formula is C35H46O11. The van der Waals surface area contributed by atoms with Crippen molar-refractivity contribution in [1.82, 2.24) is 0 Å². The van der Waals surface area contributed by atoms with Crippen LogP contribution < -0.4 is 0 Å². The second-order valence-corrected chi connectivity index (χ2v) is 13.0. The molecule has 0 aromatic heterocycles. The van der Waals surface area contributed by atoms with Crippen LogP contribution >= 0.6 is 0 Å². The highest BCUT2D eigenvalue weighted by molar-refractivity contribution is 5.89. The first-order chi connectivity index (χ1) is 21.4. The summed E-state index contributed by atoms with van der Waals surface area (Å²) in [5.74, 6) is -5.27. The van der Waals surface area contributed by atoms with Gasteiger partial charge < -0.3 is 28.8 Å². The van der Waals surface area contributed by atoms with Gasteiger partial charge in [0, 0.05) is 44.9 Å². The second-order valence-electron chi connectivity index (χ2n) is 13.0. The van der Waals surface area contributed by atoms with Crippen LogP contribution in [0.25, 0.3) is 0 Å². The Morgan fingerprint density at radius 2 is 1.30 bits per heavy atom. The largest absolute Gasteiger partial charge is 0.459 e. The summed E-state index contributed by atoms with van der Waals surface area (Å²) < 4.78 is 29.2. The van der Waals surface area contributed by atoms with Gasteiger partial charge in [0.05, 0.1) is 5.56 Å². The molecule has 0 amide bonds. The van der Waals surface area contributed by atoms with E-state index in [1.165, 1.54) is 27.7 Å². The quantitative estimate of drug-likeness (QED) is 0.265. The Bertz CT molecular complexity index is 1360. The van der Waals surface area contributed by atoms with Crippen molar-refractivity contribution in [2.75, 3.05) is 0 Å². The molecule has 1 N–H and O–H groups in total. The normalized spacial score (nSPS) is 34.2. The Kier molecular flexibility index (Phi) is 11.6. The second kappa shape index (κ2) is 14.6. The fourth-order valence-corrected chi connectivity index (χ4v) is 6.62. The molecule has 11 heteroatoms. The third kappa shape index (κ3) is 8.43. The van der Waals surface area contributed by atoms with Gasteiger partial charge in [-0.3, -0.25) is 19.2 Å². The molecule has 1 aromatic rings. The van der Waals surface area contributed by atoms with Crippen LogP contribution in [0.4, 0.5) is 0 Å². The van der Waals surface area contributed by atoms with Crippen molar-refractivity contribution >= 4 is 29.8 Å². The van der Waals surface area contributed by atoms with Crippen LogP contribution in [0, 0.1) is 23.2 Å². The minimum absolute atomic E-state index is 0.0926. The molecule has 11 nitrogen and oxygen atoms in total. The zero-order valence-electron chi connectivity index (χ0n) is 28.0. The molecule has 1 fully saturated rings. The topological polar surface area (TPSA) is 152 Å². The fourth-order valence-electron chi connectivity index (χ4n) is 6.62. The van der Waals surface area contributed by atoms with E-state index in [4.69, 9.17) is 23.7 Å². The lowest BCUT2D eigenvalue weighted by Crippen LogP contribution is -2.54. The van der Waals surface area contributed by atoms with Crippen molar-refractivity contribution in [2.24, 2.45) is 23.2 Å². The number of hydrogen-bond acceptors (Lipinski definition) is 11. The van der Waals surface area contributed by atoms with E-state index < -0.39 is 89.1 Å². The van der Waals surface area contributed by atoms with E-state index in [9.17, 15) is 29.1 Å². The number of aliphatic hydroxyl groups is 1. The number of ether oxygens (including phenoxy) is 5. The third-order valence-corrected chi connectivity index (χ3v) is 8.60. The van der Waals surface area contributed by atoms with Crippen LogP contribution in [0.3, 0.4) is 0 Å². The highest BCUT2D eigenvalue weighted by Gasteiger charge is 2.59. The Labute approximate surface area is 270 Å². The van der Waals surface area contributed by atoms with Crippen LogP contribution in [-0.2, 0) is 42.9 Å². The predicted octanol–water partition coefficient (Wildman–Crippen LogP) is 4.50. The summed E-state index contributed by atoms with van der Waals surface area (Å²) in [6, 6.07) is 8.40. The summed E-state index contributed by atoms with van der Waals surface area (Å²) in [7, 11) is 0. The molecule has 0 aliphatic heterocycles. The molecule has 2 aliphatic carbocycles. The first-order valence-corrected chi connectivity index (χ1v) is 15.4. The number of esters is 5. The number of carbonyl (C=O) groups is 5. The molecule has 0 bridgehead atoms. The average molecular weight is 643 g/mol. The molecule has 3 rings (SSSR count). The van der Waals surface area contributed by atoms with Crippen molar-refractivity contribution in [3.05, 3.63) is 59.7 Å².